The van der Waals surface area contributed by atoms with Gasteiger partial charge in [0.25, 0.3) is 0 Å². The summed E-state index contributed by atoms with van der Waals surface area (Å²) in [6.45, 7) is 2.04. The fourth-order valence-electron chi connectivity index (χ4n) is 3.29. The molecule has 0 spiro atoms. The molecule has 3 rings (SSSR count). The molecule has 0 unspecified atom stereocenters. The van der Waals surface area contributed by atoms with Gasteiger partial charge >= 0.3 is 0 Å². The highest BCUT2D eigenvalue weighted by atomic mass is 32.1. The van der Waals surface area contributed by atoms with Gasteiger partial charge in [0.1, 0.15) is 0 Å². The predicted octanol–water partition coefficient (Wildman–Crippen LogP) is 1.23. The highest BCUT2D eigenvalue weighted by Gasteiger charge is 2.28. The van der Waals surface area contributed by atoms with Crippen molar-refractivity contribution in [3.05, 3.63) is 29.3 Å². The molecule has 0 radical (unpaired) electrons. The number of hydrogen-bond donors (Lipinski definition) is 5. The Bertz CT molecular complexity index is 813. The average molecular weight is 403 g/mol. The number of carbonyl (C=O) groups is 2. The summed E-state index contributed by atoms with van der Waals surface area (Å²) < 4.78 is 0.950. The summed E-state index contributed by atoms with van der Waals surface area (Å²) >= 11 is 1.35. The van der Waals surface area contributed by atoms with E-state index in [2.05, 4.69) is 20.9 Å². The van der Waals surface area contributed by atoms with Crippen molar-refractivity contribution in [1.29, 1.82) is 5.41 Å². The number of Topliss-reactive ketones (excluding diaryl/α,β-unsaturated/α-hetero) is 1. The minimum Gasteiger partial charge on any atom is -0.370 e. The van der Waals surface area contributed by atoms with E-state index in [4.69, 9.17) is 11.1 Å². The summed E-state index contributed by atoms with van der Waals surface area (Å²) in [6.07, 6.45) is 2.84. The first-order valence-electron chi connectivity index (χ1n) is 9.53. The van der Waals surface area contributed by atoms with E-state index < -0.39 is 6.04 Å². The lowest BCUT2D eigenvalue weighted by atomic mass is 9.97. The van der Waals surface area contributed by atoms with Gasteiger partial charge < -0.3 is 21.7 Å². The van der Waals surface area contributed by atoms with Crippen molar-refractivity contribution in [1.82, 2.24) is 20.9 Å². The third kappa shape index (κ3) is 5.26. The topological polar surface area (TPSA) is 133 Å². The van der Waals surface area contributed by atoms with Gasteiger partial charge in [0, 0.05) is 13.1 Å². The van der Waals surface area contributed by atoms with Crippen LogP contribution in [-0.2, 0) is 4.79 Å². The fourth-order valence-corrected chi connectivity index (χ4v) is 4.25. The van der Waals surface area contributed by atoms with Crippen LogP contribution in [0.15, 0.2) is 24.3 Å². The Kier molecular flexibility index (Phi) is 6.94. The van der Waals surface area contributed by atoms with Crippen molar-refractivity contribution in [2.45, 2.75) is 31.7 Å². The number of piperidine rings is 1. The summed E-state index contributed by atoms with van der Waals surface area (Å²) in [7, 11) is 0. The number of nitrogens with two attached hydrogens (primary N) is 1. The van der Waals surface area contributed by atoms with Gasteiger partial charge in [-0.3, -0.25) is 15.0 Å². The molecular formula is C19H26N6O2S. The molecule has 0 aliphatic carbocycles. The molecule has 2 atom stereocenters. The number of ketones is 1. The highest BCUT2D eigenvalue weighted by molar-refractivity contribution is 7.20. The molecule has 28 heavy (non-hydrogen) atoms. The summed E-state index contributed by atoms with van der Waals surface area (Å²) in [5.74, 6) is -0.478. The maximum absolute atomic E-state index is 13.1. The molecule has 9 heteroatoms. The SMILES string of the molecule is N=C(N)NCCC[C@@H](NC(=O)[C@H]1CCCNC1)C(=O)c1nc2ccccc2s1. The third-order valence-corrected chi connectivity index (χ3v) is 5.84. The summed E-state index contributed by atoms with van der Waals surface area (Å²) in [5.41, 5.74) is 6.09. The van der Waals surface area contributed by atoms with Crippen LogP contribution in [0.3, 0.4) is 0 Å². The molecule has 6 N–H and O–H groups in total. The molecule has 8 nitrogen and oxygen atoms in total. The lowest BCUT2D eigenvalue weighted by Crippen LogP contribution is -2.47. The van der Waals surface area contributed by atoms with Crippen LogP contribution in [0, 0.1) is 11.3 Å². The van der Waals surface area contributed by atoms with Crippen LogP contribution in [0.1, 0.15) is 35.5 Å². The Morgan fingerprint density at radius 2 is 2.21 bits per heavy atom. The van der Waals surface area contributed by atoms with E-state index in [0.29, 0.717) is 30.9 Å². The smallest absolute Gasteiger partial charge is 0.224 e. The summed E-state index contributed by atoms with van der Waals surface area (Å²) in [5, 5.41) is 16.5. The normalized spacial score (nSPS) is 17.8. The standard InChI is InChI=1S/C19H26N6O2S/c20-19(21)23-10-4-7-14(24-17(27)12-5-3-9-22-11-12)16(26)18-25-13-6-1-2-8-15(13)28-18/h1-2,6,8,12,14,22H,3-5,7,9-11H2,(H,24,27)(H4,20,21,23)/t12-,14+/m0/s1. The van der Waals surface area contributed by atoms with Gasteiger partial charge in [0.05, 0.1) is 22.2 Å². The minimum absolute atomic E-state index is 0.0915. The van der Waals surface area contributed by atoms with E-state index in [1.165, 1.54) is 11.3 Å². The van der Waals surface area contributed by atoms with Crippen LogP contribution >= 0.6 is 11.3 Å². The number of thiazole rings is 1. The first-order chi connectivity index (χ1) is 13.5. The quantitative estimate of drug-likeness (QED) is 0.195. The molecule has 1 fully saturated rings. The van der Waals surface area contributed by atoms with Gasteiger partial charge in [0.15, 0.2) is 11.0 Å². The predicted molar refractivity (Wildman–Crippen MR) is 111 cm³/mol. The zero-order valence-corrected chi connectivity index (χ0v) is 16.5. The Morgan fingerprint density at radius 1 is 1.39 bits per heavy atom. The molecule has 150 valence electrons. The van der Waals surface area contributed by atoms with Crippen LogP contribution in [-0.4, -0.2) is 48.3 Å². The van der Waals surface area contributed by atoms with Crippen LogP contribution in [0.4, 0.5) is 0 Å². The molecule has 0 bridgehead atoms. The minimum atomic E-state index is -0.635. The van der Waals surface area contributed by atoms with Crippen LogP contribution in [0.2, 0.25) is 0 Å². The Balaban J connectivity index is 1.70. The van der Waals surface area contributed by atoms with Gasteiger partial charge in [-0.1, -0.05) is 12.1 Å². The second-order valence-corrected chi connectivity index (χ2v) is 7.97. The Hall–Kier alpha value is -2.52. The molecular weight excluding hydrogens is 376 g/mol. The first kappa shape index (κ1) is 20.2. The number of para-hydroxylation sites is 1. The molecule has 1 aliphatic rings. The average Bonchev–Trinajstić information content (AvgIpc) is 3.14. The van der Waals surface area contributed by atoms with Gasteiger partial charge in [-0.15, -0.1) is 11.3 Å². The van der Waals surface area contributed by atoms with Crippen molar-refractivity contribution < 1.29 is 9.59 Å². The number of benzene rings is 1. The van der Waals surface area contributed by atoms with Crippen molar-refractivity contribution in [2.75, 3.05) is 19.6 Å². The van der Waals surface area contributed by atoms with E-state index >= 15 is 0 Å². The van der Waals surface area contributed by atoms with Gasteiger partial charge in [-0.2, -0.15) is 0 Å². The van der Waals surface area contributed by atoms with Crippen LogP contribution < -0.4 is 21.7 Å². The Labute approximate surface area is 167 Å². The third-order valence-electron chi connectivity index (χ3n) is 4.79. The number of aromatic nitrogens is 1. The number of fused-ring (bicyclic) bond motifs is 1. The molecule has 1 amide bonds. The number of nitrogens with zero attached hydrogens (tertiary/aromatic N) is 1. The molecule has 1 aliphatic heterocycles. The summed E-state index contributed by atoms with van der Waals surface area (Å²) in [6, 6.07) is 6.97. The molecule has 1 aromatic carbocycles. The van der Waals surface area contributed by atoms with E-state index in [0.717, 1.165) is 29.6 Å². The van der Waals surface area contributed by atoms with Crippen molar-refractivity contribution in [3.8, 4) is 0 Å². The van der Waals surface area contributed by atoms with E-state index in [-0.39, 0.29) is 23.6 Å². The molecule has 1 saturated heterocycles. The van der Waals surface area contributed by atoms with Crippen molar-refractivity contribution >= 4 is 39.2 Å². The van der Waals surface area contributed by atoms with Crippen LogP contribution in [0.25, 0.3) is 10.2 Å². The van der Waals surface area contributed by atoms with E-state index in [1.807, 2.05) is 24.3 Å². The lowest BCUT2D eigenvalue weighted by Gasteiger charge is -2.24. The fraction of sp³-hybridized carbons (Fsp3) is 0.474. The molecule has 1 aromatic heterocycles. The summed E-state index contributed by atoms with van der Waals surface area (Å²) in [4.78, 5) is 30.2. The Morgan fingerprint density at radius 3 is 2.93 bits per heavy atom. The number of nitrogens with one attached hydrogen (secondary N) is 4. The van der Waals surface area contributed by atoms with Gasteiger partial charge in [-0.05, 0) is 44.4 Å². The van der Waals surface area contributed by atoms with Crippen molar-refractivity contribution in [3.63, 3.8) is 0 Å². The molecule has 2 aromatic rings. The molecule has 0 saturated carbocycles. The second kappa shape index (κ2) is 9.61. The van der Waals surface area contributed by atoms with E-state index in [9.17, 15) is 9.59 Å². The lowest BCUT2D eigenvalue weighted by molar-refractivity contribution is -0.126. The second-order valence-electron chi connectivity index (χ2n) is 6.94. The number of amides is 1. The zero-order valence-electron chi connectivity index (χ0n) is 15.7. The molecule has 2 heterocycles. The number of hydrogen-bond acceptors (Lipinski definition) is 6. The first-order valence-corrected chi connectivity index (χ1v) is 10.3. The zero-order chi connectivity index (χ0) is 19.9. The van der Waals surface area contributed by atoms with Crippen molar-refractivity contribution in [2.24, 2.45) is 11.7 Å². The van der Waals surface area contributed by atoms with Gasteiger partial charge in [-0.25, -0.2) is 4.98 Å². The van der Waals surface area contributed by atoms with Gasteiger partial charge in [0.2, 0.25) is 11.7 Å². The maximum Gasteiger partial charge on any atom is 0.224 e. The van der Waals surface area contributed by atoms with Crippen LogP contribution in [0.5, 0.6) is 0 Å². The number of guanidine groups is 1. The maximum atomic E-state index is 13.1. The monoisotopic (exact) mass is 402 g/mol. The number of rotatable bonds is 8. The largest absolute Gasteiger partial charge is 0.370 e. The van der Waals surface area contributed by atoms with E-state index in [1.54, 1.807) is 0 Å². The number of carbonyl (C=O) groups excluding carboxylic acids is 2. The highest BCUT2D eigenvalue weighted by Crippen LogP contribution is 2.23.